The van der Waals surface area contributed by atoms with E-state index < -0.39 is 4.92 Å². The Morgan fingerprint density at radius 2 is 2.13 bits per heavy atom. The van der Waals surface area contributed by atoms with E-state index in [1.165, 1.54) is 12.1 Å². The van der Waals surface area contributed by atoms with Crippen LogP contribution in [0.1, 0.15) is 24.4 Å². The normalized spacial score (nSPS) is 12.2. The lowest BCUT2D eigenvalue weighted by Gasteiger charge is -2.09. The summed E-state index contributed by atoms with van der Waals surface area (Å²) >= 11 is 0. The fraction of sp³-hybridized carbons (Fsp3) is 0.214. The van der Waals surface area contributed by atoms with Crippen LogP contribution < -0.4 is 5.32 Å². The van der Waals surface area contributed by atoms with Gasteiger partial charge in [-0.05, 0) is 19.1 Å². The maximum absolute atomic E-state index is 10.6. The summed E-state index contributed by atoms with van der Waals surface area (Å²) in [6.45, 7) is 2.41. The summed E-state index contributed by atoms with van der Waals surface area (Å²) in [6.07, 6.45) is 3.56. The summed E-state index contributed by atoms with van der Waals surface area (Å²) < 4.78 is 5.56. The van der Waals surface area contributed by atoms with E-state index in [2.05, 4.69) is 25.7 Å². The van der Waals surface area contributed by atoms with E-state index in [0.717, 1.165) is 5.56 Å². The molecule has 1 aromatic carbocycles. The number of nitrogens with zero attached hydrogens (tertiary/aromatic N) is 4. The van der Waals surface area contributed by atoms with Crippen molar-refractivity contribution >= 4 is 5.69 Å². The highest BCUT2D eigenvalue weighted by atomic mass is 16.6. The quantitative estimate of drug-likeness (QED) is 0.528. The fourth-order valence-corrected chi connectivity index (χ4v) is 2.02. The molecule has 2 heterocycles. The molecule has 0 amide bonds. The second kappa shape index (κ2) is 6.36. The highest BCUT2D eigenvalue weighted by molar-refractivity contribution is 5.55. The van der Waals surface area contributed by atoms with Crippen LogP contribution in [0.15, 0.2) is 41.1 Å². The van der Waals surface area contributed by atoms with Gasteiger partial charge in [0.2, 0.25) is 11.8 Å². The maximum atomic E-state index is 10.6. The van der Waals surface area contributed by atoms with Crippen LogP contribution in [0.25, 0.3) is 11.5 Å². The third kappa shape index (κ3) is 3.40. The average molecular weight is 314 g/mol. The molecule has 0 fully saturated rings. The SMILES string of the molecule is C[C@H](NCc1nnc(-c2ccc([N+](=O)[O-])cc2)o1)c1cn[nH]c1. The van der Waals surface area contributed by atoms with Gasteiger partial charge in [0, 0.05) is 35.5 Å². The molecule has 2 aromatic heterocycles. The Kier molecular flexibility index (Phi) is 4.11. The van der Waals surface area contributed by atoms with Gasteiger partial charge in [0.15, 0.2) is 0 Å². The lowest BCUT2D eigenvalue weighted by molar-refractivity contribution is -0.384. The number of aromatic amines is 1. The minimum Gasteiger partial charge on any atom is -0.419 e. The van der Waals surface area contributed by atoms with Crippen LogP contribution in [0.4, 0.5) is 5.69 Å². The van der Waals surface area contributed by atoms with Crippen molar-refractivity contribution in [2.45, 2.75) is 19.5 Å². The van der Waals surface area contributed by atoms with E-state index in [0.29, 0.717) is 23.9 Å². The van der Waals surface area contributed by atoms with Crippen molar-refractivity contribution in [2.75, 3.05) is 0 Å². The topological polar surface area (TPSA) is 123 Å². The lowest BCUT2D eigenvalue weighted by atomic mass is 10.2. The Hall–Kier alpha value is -3.07. The maximum Gasteiger partial charge on any atom is 0.269 e. The van der Waals surface area contributed by atoms with Crippen molar-refractivity contribution in [3.8, 4) is 11.5 Å². The highest BCUT2D eigenvalue weighted by Crippen LogP contribution is 2.21. The Balaban J connectivity index is 1.64. The van der Waals surface area contributed by atoms with Crippen molar-refractivity contribution in [1.82, 2.24) is 25.7 Å². The molecule has 0 saturated carbocycles. The molecule has 0 aliphatic carbocycles. The standard InChI is InChI=1S/C14H14N6O3/c1-9(11-6-16-17-7-11)15-8-13-18-19-14(23-13)10-2-4-12(5-3-10)20(21)22/h2-7,9,15H,8H2,1H3,(H,16,17)/t9-/m0/s1. The molecule has 0 aliphatic rings. The van der Waals surface area contributed by atoms with Gasteiger partial charge in [0.25, 0.3) is 5.69 Å². The number of nitro groups is 1. The molecule has 0 aliphatic heterocycles. The molecule has 9 nitrogen and oxygen atoms in total. The minimum atomic E-state index is -0.454. The zero-order valence-electron chi connectivity index (χ0n) is 12.3. The molecule has 1 atom stereocenters. The van der Waals surface area contributed by atoms with E-state index in [1.807, 2.05) is 13.1 Å². The number of non-ortho nitro benzene ring substituents is 1. The van der Waals surface area contributed by atoms with Crippen LogP contribution in [0, 0.1) is 10.1 Å². The van der Waals surface area contributed by atoms with Crippen molar-refractivity contribution in [1.29, 1.82) is 0 Å². The number of hydrogen-bond donors (Lipinski definition) is 2. The van der Waals surface area contributed by atoms with E-state index in [1.54, 1.807) is 18.3 Å². The van der Waals surface area contributed by atoms with E-state index >= 15 is 0 Å². The first kappa shape index (κ1) is 14.9. The zero-order chi connectivity index (χ0) is 16.2. The van der Waals surface area contributed by atoms with Crippen LogP contribution in [-0.2, 0) is 6.54 Å². The van der Waals surface area contributed by atoms with Gasteiger partial charge in [-0.1, -0.05) is 0 Å². The summed E-state index contributed by atoms with van der Waals surface area (Å²) in [4.78, 5) is 10.2. The van der Waals surface area contributed by atoms with Gasteiger partial charge in [-0.25, -0.2) is 0 Å². The zero-order valence-corrected chi connectivity index (χ0v) is 12.3. The van der Waals surface area contributed by atoms with E-state index in [-0.39, 0.29) is 11.7 Å². The smallest absolute Gasteiger partial charge is 0.269 e. The van der Waals surface area contributed by atoms with Gasteiger partial charge in [-0.3, -0.25) is 15.2 Å². The minimum absolute atomic E-state index is 0.0177. The monoisotopic (exact) mass is 314 g/mol. The van der Waals surface area contributed by atoms with Crippen molar-refractivity contribution in [3.63, 3.8) is 0 Å². The van der Waals surface area contributed by atoms with Crippen LogP contribution in [0.5, 0.6) is 0 Å². The lowest BCUT2D eigenvalue weighted by Crippen LogP contribution is -2.17. The Morgan fingerprint density at radius 3 is 2.78 bits per heavy atom. The predicted molar refractivity (Wildman–Crippen MR) is 80.2 cm³/mol. The number of H-pyrrole nitrogens is 1. The van der Waals surface area contributed by atoms with Gasteiger partial charge >= 0.3 is 0 Å². The molecule has 0 radical (unpaired) electrons. The molecule has 9 heteroatoms. The molecule has 0 spiro atoms. The number of hydrogen-bond acceptors (Lipinski definition) is 7. The Morgan fingerprint density at radius 1 is 1.35 bits per heavy atom. The number of rotatable bonds is 6. The van der Waals surface area contributed by atoms with Crippen LogP contribution >= 0.6 is 0 Å². The second-order valence-electron chi connectivity index (χ2n) is 4.94. The third-order valence-corrected chi connectivity index (χ3v) is 3.37. The van der Waals surface area contributed by atoms with Gasteiger partial charge in [0.1, 0.15) is 0 Å². The number of nitrogens with one attached hydrogen (secondary N) is 2. The third-order valence-electron chi connectivity index (χ3n) is 3.37. The highest BCUT2D eigenvalue weighted by Gasteiger charge is 2.12. The first-order chi connectivity index (χ1) is 11.1. The Bertz CT molecular complexity index is 781. The molecule has 0 saturated heterocycles. The molecule has 3 aromatic rings. The van der Waals surface area contributed by atoms with E-state index in [9.17, 15) is 10.1 Å². The van der Waals surface area contributed by atoms with Crippen molar-refractivity contribution < 1.29 is 9.34 Å². The fourth-order valence-electron chi connectivity index (χ4n) is 2.02. The molecular weight excluding hydrogens is 300 g/mol. The Labute approximate surface area is 130 Å². The van der Waals surface area contributed by atoms with Crippen LogP contribution in [0.2, 0.25) is 0 Å². The average Bonchev–Trinajstić information content (AvgIpc) is 3.24. The van der Waals surface area contributed by atoms with Gasteiger partial charge in [0.05, 0.1) is 17.7 Å². The number of nitro benzene ring substituents is 1. The second-order valence-corrected chi connectivity index (χ2v) is 4.94. The molecule has 23 heavy (non-hydrogen) atoms. The summed E-state index contributed by atoms with van der Waals surface area (Å²) in [7, 11) is 0. The molecule has 0 bridgehead atoms. The summed E-state index contributed by atoms with van der Waals surface area (Å²) in [5.74, 6) is 0.765. The molecular formula is C14H14N6O3. The largest absolute Gasteiger partial charge is 0.419 e. The van der Waals surface area contributed by atoms with Gasteiger partial charge in [-0.15, -0.1) is 10.2 Å². The van der Waals surface area contributed by atoms with Crippen LogP contribution in [-0.4, -0.2) is 25.3 Å². The number of aromatic nitrogens is 4. The number of benzene rings is 1. The summed E-state index contributed by atoms with van der Waals surface area (Å²) in [6, 6.07) is 6.05. The molecule has 3 rings (SSSR count). The predicted octanol–water partition coefficient (Wildman–Crippen LogP) is 2.22. The van der Waals surface area contributed by atoms with Gasteiger partial charge in [-0.2, -0.15) is 5.10 Å². The van der Waals surface area contributed by atoms with E-state index in [4.69, 9.17) is 4.42 Å². The van der Waals surface area contributed by atoms with Gasteiger partial charge < -0.3 is 9.73 Å². The van der Waals surface area contributed by atoms with Crippen LogP contribution in [0.3, 0.4) is 0 Å². The molecule has 118 valence electrons. The van der Waals surface area contributed by atoms with Crippen molar-refractivity contribution in [3.05, 3.63) is 58.2 Å². The molecule has 0 unspecified atom stereocenters. The molecule has 2 N–H and O–H groups in total. The van der Waals surface area contributed by atoms with Crippen molar-refractivity contribution in [2.24, 2.45) is 0 Å². The first-order valence-corrected chi connectivity index (χ1v) is 6.93. The summed E-state index contributed by atoms with van der Waals surface area (Å²) in [5.41, 5.74) is 1.68. The first-order valence-electron chi connectivity index (χ1n) is 6.93. The summed E-state index contributed by atoms with van der Waals surface area (Å²) in [5, 5.41) is 28.5.